The van der Waals surface area contributed by atoms with Crippen LogP contribution in [0.5, 0.6) is 0 Å². The molecule has 2 N–H and O–H groups in total. The molecule has 0 fully saturated rings. The Morgan fingerprint density at radius 3 is 2.78 bits per heavy atom. The van der Waals surface area contributed by atoms with Gasteiger partial charge in [-0.2, -0.15) is 0 Å². The maximum atomic E-state index is 10.1. The summed E-state index contributed by atoms with van der Waals surface area (Å²) in [4.78, 5) is 1.30. The van der Waals surface area contributed by atoms with E-state index in [1.807, 2.05) is 31.2 Å². The van der Waals surface area contributed by atoms with Crippen molar-refractivity contribution in [2.45, 2.75) is 26.0 Å². The highest BCUT2D eigenvalue weighted by atomic mass is 32.1. The number of rotatable bonds is 5. The van der Waals surface area contributed by atoms with Crippen LogP contribution in [0.15, 0.2) is 41.8 Å². The third-order valence-corrected chi connectivity index (χ3v) is 4.07. The molecule has 1 heterocycles. The fourth-order valence-corrected chi connectivity index (χ4v) is 2.68. The zero-order valence-electron chi connectivity index (χ0n) is 10.8. The molecule has 2 nitrogen and oxygen atoms in total. The number of hydrogen-bond donors (Lipinski definition) is 2. The quantitative estimate of drug-likeness (QED) is 0.864. The van der Waals surface area contributed by atoms with E-state index in [1.54, 1.807) is 11.3 Å². The first-order valence-electron chi connectivity index (χ1n) is 6.18. The maximum absolute atomic E-state index is 10.1. The standard InChI is InChI=1S/C15H19NOS/c1-11-5-3-6-13(9-11)14(17)10-16-12(2)15-7-4-8-18-15/h3-9,12,14,16-17H,10H2,1-2H3. The summed E-state index contributed by atoms with van der Waals surface area (Å²) in [6.45, 7) is 4.73. The second-order valence-electron chi connectivity index (χ2n) is 4.58. The number of aryl methyl sites for hydroxylation is 1. The van der Waals surface area contributed by atoms with E-state index in [1.165, 1.54) is 10.4 Å². The topological polar surface area (TPSA) is 32.3 Å². The Morgan fingerprint density at radius 1 is 1.28 bits per heavy atom. The van der Waals surface area contributed by atoms with Gasteiger partial charge in [-0.25, -0.2) is 0 Å². The molecule has 0 bridgehead atoms. The van der Waals surface area contributed by atoms with E-state index in [0.717, 1.165) is 5.56 Å². The van der Waals surface area contributed by atoms with E-state index in [0.29, 0.717) is 6.54 Å². The molecule has 0 saturated carbocycles. The van der Waals surface area contributed by atoms with Crippen molar-refractivity contribution >= 4 is 11.3 Å². The van der Waals surface area contributed by atoms with Crippen molar-refractivity contribution in [3.63, 3.8) is 0 Å². The number of thiophene rings is 1. The molecule has 2 atom stereocenters. The normalized spacial score (nSPS) is 14.4. The van der Waals surface area contributed by atoms with Crippen LogP contribution in [0.2, 0.25) is 0 Å². The van der Waals surface area contributed by atoms with Gasteiger partial charge in [-0.05, 0) is 30.9 Å². The molecule has 0 spiro atoms. The van der Waals surface area contributed by atoms with E-state index in [4.69, 9.17) is 0 Å². The van der Waals surface area contributed by atoms with Crippen LogP contribution in [0.1, 0.15) is 35.1 Å². The van der Waals surface area contributed by atoms with Crippen molar-refractivity contribution in [2.75, 3.05) is 6.54 Å². The molecule has 0 radical (unpaired) electrons. The average molecular weight is 261 g/mol. The van der Waals surface area contributed by atoms with E-state index >= 15 is 0 Å². The molecule has 18 heavy (non-hydrogen) atoms. The molecule has 96 valence electrons. The van der Waals surface area contributed by atoms with Gasteiger partial charge >= 0.3 is 0 Å². The lowest BCUT2D eigenvalue weighted by molar-refractivity contribution is 0.171. The molecule has 1 aromatic carbocycles. The van der Waals surface area contributed by atoms with Crippen LogP contribution in [0.3, 0.4) is 0 Å². The molecule has 0 saturated heterocycles. The van der Waals surface area contributed by atoms with Crippen LogP contribution < -0.4 is 5.32 Å². The first-order valence-corrected chi connectivity index (χ1v) is 7.06. The summed E-state index contributed by atoms with van der Waals surface area (Å²) in [5, 5.41) is 15.6. The number of hydrogen-bond acceptors (Lipinski definition) is 3. The van der Waals surface area contributed by atoms with E-state index in [-0.39, 0.29) is 6.04 Å². The van der Waals surface area contributed by atoms with Crippen LogP contribution in [0, 0.1) is 6.92 Å². The Hall–Kier alpha value is -1.16. The lowest BCUT2D eigenvalue weighted by atomic mass is 10.1. The van der Waals surface area contributed by atoms with Crippen molar-refractivity contribution in [3.05, 3.63) is 57.8 Å². The van der Waals surface area contributed by atoms with Gasteiger partial charge in [-0.1, -0.05) is 35.9 Å². The van der Waals surface area contributed by atoms with Crippen LogP contribution in [-0.4, -0.2) is 11.7 Å². The third-order valence-electron chi connectivity index (χ3n) is 3.01. The lowest BCUT2D eigenvalue weighted by Crippen LogP contribution is -2.24. The van der Waals surface area contributed by atoms with Crippen molar-refractivity contribution in [1.29, 1.82) is 0 Å². The molecule has 0 aliphatic heterocycles. The summed E-state index contributed by atoms with van der Waals surface area (Å²) in [6, 6.07) is 12.5. The fraction of sp³-hybridized carbons (Fsp3) is 0.333. The Balaban J connectivity index is 1.90. The monoisotopic (exact) mass is 261 g/mol. The van der Waals surface area contributed by atoms with Gasteiger partial charge in [0.15, 0.2) is 0 Å². The van der Waals surface area contributed by atoms with Gasteiger partial charge in [0.25, 0.3) is 0 Å². The number of aliphatic hydroxyl groups is 1. The molecule has 0 aliphatic rings. The molecule has 1 aromatic heterocycles. The minimum absolute atomic E-state index is 0.282. The Kier molecular flexibility index (Phi) is 4.53. The van der Waals surface area contributed by atoms with E-state index in [9.17, 15) is 5.11 Å². The third kappa shape index (κ3) is 3.42. The van der Waals surface area contributed by atoms with Crippen molar-refractivity contribution in [2.24, 2.45) is 0 Å². The second kappa shape index (κ2) is 6.14. The Labute approximate surface area is 112 Å². The van der Waals surface area contributed by atoms with Crippen molar-refractivity contribution in [1.82, 2.24) is 5.32 Å². The summed E-state index contributed by atoms with van der Waals surface area (Å²) in [5.41, 5.74) is 2.15. The van der Waals surface area contributed by atoms with Crippen LogP contribution in [0.4, 0.5) is 0 Å². The van der Waals surface area contributed by atoms with Crippen molar-refractivity contribution < 1.29 is 5.11 Å². The smallest absolute Gasteiger partial charge is 0.0914 e. The molecular weight excluding hydrogens is 242 g/mol. The van der Waals surface area contributed by atoms with Gasteiger partial charge in [-0.3, -0.25) is 0 Å². The zero-order valence-corrected chi connectivity index (χ0v) is 11.6. The highest BCUT2D eigenvalue weighted by molar-refractivity contribution is 7.10. The van der Waals surface area contributed by atoms with E-state index < -0.39 is 6.10 Å². The molecule has 0 amide bonds. The number of nitrogens with one attached hydrogen (secondary N) is 1. The SMILES string of the molecule is Cc1cccc(C(O)CNC(C)c2cccs2)c1. The number of benzene rings is 1. The molecule has 2 rings (SSSR count). The Bertz CT molecular complexity index is 481. The summed E-state index contributed by atoms with van der Waals surface area (Å²) < 4.78 is 0. The van der Waals surface area contributed by atoms with Gasteiger partial charge in [-0.15, -0.1) is 11.3 Å². The van der Waals surface area contributed by atoms with E-state index in [2.05, 4.69) is 29.8 Å². The first kappa shape index (κ1) is 13.3. The van der Waals surface area contributed by atoms with Crippen molar-refractivity contribution in [3.8, 4) is 0 Å². The molecular formula is C15H19NOS. The van der Waals surface area contributed by atoms with Gasteiger partial charge in [0, 0.05) is 17.5 Å². The van der Waals surface area contributed by atoms with Crippen LogP contribution in [-0.2, 0) is 0 Å². The van der Waals surface area contributed by atoms with Crippen LogP contribution >= 0.6 is 11.3 Å². The predicted octanol–water partition coefficient (Wildman–Crippen LogP) is 3.44. The highest BCUT2D eigenvalue weighted by Crippen LogP contribution is 2.19. The summed E-state index contributed by atoms with van der Waals surface area (Å²) in [7, 11) is 0. The lowest BCUT2D eigenvalue weighted by Gasteiger charge is -2.16. The number of aliphatic hydroxyl groups excluding tert-OH is 1. The van der Waals surface area contributed by atoms with Gasteiger partial charge in [0.05, 0.1) is 6.10 Å². The summed E-state index contributed by atoms with van der Waals surface area (Å²) in [5.74, 6) is 0. The van der Waals surface area contributed by atoms with Gasteiger partial charge in [0.1, 0.15) is 0 Å². The minimum atomic E-state index is -0.452. The average Bonchev–Trinajstić information content (AvgIpc) is 2.89. The predicted molar refractivity (Wildman–Crippen MR) is 76.9 cm³/mol. The first-order chi connectivity index (χ1) is 8.66. The van der Waals surface area contributed by atoms with Gasteiger partial charge in [0.2, 0.25) is 0 Å². The fourth-order valence-electron chi connectivity index (χ4n) is 1.92. The maximum Gasteiger partial charge on any atom is 0.0914 e. The van der Waals surface area contributed by atoms with Gasteiger partial charge < -0.3 is 10.4 Å². The molecule has 3 heteroatoms. The summed E-state index contributed by atoms with van der Waals surface area (Å²) in [6.07, 6.45) is -0.452. The largest absolute Gasteiger partial charge is 0.387 e. The second-order valence-corrected chi connectivity index (χ2v) is 5.55. The molecule has 0 aliphatic carbocycles. The molecule has 2 unspecified atom stereocenters. The zero-order chi connectivity index (χ0) is 13.0. The minimum Gasteiger partial charge on any atom is -0.387 e. The summed E-state index contributed by atoms with van der Waals surface area (Å²) >= 11 is 1.74. The van der Waals surface area contributed by atoms with Crippen LogP contribution in [0.25, 0.3) is 0 Å². The molecule has 2 aromatic rings. The highest BCUT2D eigenvalue weighted by Gasteiger charge is 2.11. The Morgan fingerprint density at radius 2 is 2.11 bits per heavy atom.